The maximum absolute atomic E-state index is 13.0. The highest BCUT2D eigenvalue weighted by molar-refractivity contribution is 7.10. The normalized spacial score (nSPS) is 18.2. The maximum Gasteiger partial charge on any atom is 0.254 e. The van der Waals surface area contributed by atoms with Gasteiger partial charge in [0.1, 0.15) is 11.5 Å². The van der Waals surface area contributed by atoms with Gasteiger partial charge in [0.25, 0.3) is 5.91 Å². The number of nitrogens with one attached hydrogen (secondary N) is 1. The van der Waals surface area contributed by atoms with Crippen LogP contribution in [0, 0.1) is 5.92 Å². The van der Waals surface area contributed by atoms with Crippen molar-refractivity contribution in [2.45, 2.75) is 31.7 Å². The van der Waals surface area contributed by atoms with Gasteiger partial charge in [-0.25, -0.2) is 0 Å². The Morgan fingerprint density at radius 3 is 2.30 bits per heavy atom. The van der Waals surface area contributed by atoms with Gasteiger partial charge in [-0.2, -0.15) is 0 Å². The fraction of sp³-hybridized carbons (Fsp3) is 0.520. The molecule has 33 heavy (non-hydrogen) atoms. The van der Waals surface area contributed by atoms with Gasteiger partial charge in [0.15, 0.2) is 0 Å². The highest BCUT2D eigenvalue weighted by Gasteiger charge is 2.30. The minimum absolute atomic E-state index is 0.0575. The molecule has 7 nitrogen and oxygen atoms in total. The number of nitrogens with zero attached hydrogens (tertiary/aromatic N) is 2. The molecule has 0 aliphatic carbocycles. The molecule has 2 saturated heterocycles. The number of piperidine rings is 1. The van der Waals surface area contributed by atoms with Crippen molar-refractivity contribution in [3.63, 3.8) is 0 Å². The molecule has 4 rings (SSSR count). The quantitative estimate of drug-likeness (QED) is 0.637. The number of benzene rings is 1. The first-order valence-corrected chi connectivity index (χ1v) is 12.5. The van der Waals surface area contributed by atoms with E-state index in [1.54, 1.807) is 43.8 Å². The molecular formula is C25H33N3O4S. The van der Waals surface area contributed by atoms with Crippen LogP contribution in [0.25, 0.3) is 0 Å². The molecule has 8 heteroatoms. The van der Waals surface area contributed by atoms with Crippen LogP contribution in [0.1, 0.15) is 47.0 Å². The smallest absolute Gasteiger partial charge is 0.254 e. The first-order valence-electron chi connectivity index (χ1n) is 11.7. The molecule has 0 bridgehead atoms. The summed E-state index contributed by atoms with van der Waals surface area (Å²) in [5, 5.41) is 5.32. The Kier molecular flexibility index (Phi) is 7.88. The van der Waals surface area contributed by atoms with E-state index in [-0.39, 0.29) is 23.8 Å². The number of carbonyl (C=O) groups is 2. The molecule has 1 unspecified atom stereocenters. The molecule has 1 aromatic carbocycles. The fourth-order valence-electron chi connectivity index (χ4n) is 4.74. The molecule has 2 aliphatic rings. The Balaban J connectivity index is 1.31. The fourth-order valence-corrected chi connectivity index (χ4v) is 5.60. The summed E-state index contributed by atoms with van der Waals surface area (Å²) < 4.78 is 10.6. The van der Waals surface area contributed by atoms with Crippen molar-refractivity contribution in [3.05, 3.63) is 46.2 Å². The first-order chi connectivity index (χ1) is 16.1. The second-order valence-electron chi connectivity index (χ2n) is 8.69. The van der Waals surface area contributed by atoms with Gasteiger partial charge in [-0.1, -0.05) is 6.07 Å². The van der Waals surface area contributed by atoms with Crippen molar-refractivity contribution in [1.29, 1.82) is 0 Å². The number of rotatable bonds is 8. The average Bonchev–Trinajstić information content (AvgIpc) is 3.58. The molecule has 0 spiro atoms. The van der Waals surface area contributed by atoms with E-state index in [2.05, 4.69) is 27.7 Å². The lowest BCUT2D eigenvalue weighted by atomic mass is 9.95. The average molecular weight is 472 g/mol. The highest BCUT2D eigenvalue weighted by Crippen LogP contribution is 2.29. The van der Waals surface area contributed by atoms with E-state index in [0.717, 1.165) is 13.1 Å². The maximum atomic E-state index is 13.0. The second kappa shape index (κ2) is 11.0. The van der Waals surface area contributed by atoms with Crippen LogP contribution in [0.15, 0.2) is 35.7 Å². The van der Waals surface area contributed by atoms with Gasteiger partial charge in [-0.05, 0) is 62.4 Å². The number of likely N-dealkylation sites (tertiary alicyclic amines) is 2. The van der Waals surface area contributed by atoms with Crippen molar-refractivity contribution in [3.8, 4) is 11.5 Å². The summed E-state index contributed by atoms with van der Waals surface area (Å²) in [6, 6.07) is 9.70. The molecule has 1 N–H and O–H groups in total. The predicted octanol–water partition coefficient (Wildman–Crippen LogP) is 3.57. The molecule has 0 radical (unpaired) electrons. The standard InChI is InChI=1S/C25H33N3O4S/c1-31-20-14-19(15-21(16-20)32-2)25(30)28-11-7-18(8-12-28)24(29)26-17-22(23-6-5-13-33-23)27-9-3-4-10-27/h5-6,13-16,18,22H,3-4,7-12,17H2,1-2H3,(H,26,29). The summed E-state index contributed by atoms with van der Waals surface area (Å²) in [5.74, 6) is 1.16. The third-order valence-electron chi connectivity index (χ3n) is 6.67. The van der Waals surface area contributed by atoms with E-state index in [0.29, 0.717) is 49.5 Å². The van der Waals surface area contributed by atoms with Crippen LogP contribution in [0.4, 0.5) is 0 Å². The van der Waals surface area contributed by atoms with Gasteiger partial charge < -0.3 is 19.7 Å². The lowest BCUT2D eigenvalue weighted by Gasteiger charge is -2.32. The molecule has 0 saturated carbocycles. The Hall–Kier alpha value is -2.58. The summed E-state index contributed by atoms with van der Waals surface area (Å²) >= 11 is 1.76. The summed E-state index contributed by atoms with van der Waals surface area (Å²) in [6.07, 6.45) is 3.79. The van der Waals surface area contributed by atoms with Gasteiger partial charge >= 0.3 is 0 Å². The van der Waals surface area contributed by atoms with Crippen LogP contribution in [-0.4, -0.2) is 68.6 Å². The van der Waals surface area contributed by atoms with Gasteiger partial charge in [-0.15, -0.1) is 11.3 Å². The number of thiophene rings is 1. The van der Waals surface area contributed by atoms with E-state index >= 15 is 0 Å². The molecule has 178 valence electrons. The van der Waals surface area contributed by atoms with Crippen LogP contribution >= 0.6 is 11.3 Å². The molecule has 3 heterocycles. The van der Waals surface area contributed by atoms with Gasteiger partial charge in [-0.3, -0.25) is 14.5 Å². The number of amides is 2. The lowest BCUT2D eigenvalue weighted by Crippen LogP contribution is -2.44. The first kappa shape index (κ1) is 23.6. The Bertz CT molecular complexity index is 913. The van der Waals surface area contributed by atoms with Gasteiger partial charge in [0, 0.05) is 42.1 Å². The van der Waals surface area contributed by atoms with Crippen LogP contribution < -0.4 is 14.8 Å². The van der Waals surface area contributed by atoms with E-state index in [9.17, 15) is 9.59 Å². The van der Waals surface area contributed by atoms with Gasteiger partial charge in [0.2, 0.25) is 5.91 Å². The van der Waals surface area contributed by atoms with Crippen LogP contribution in [0.2, 0.25) is 0 Å². The molecule has 2 amide bonds. The number of carbonyl (C=O) groups excluding carboxylic acids is 2. The molecule has 2 aromatic rings. The largest absolute Gasteiger partial charge is 0.497 e. The minimum Gasteiger partial charge on any atom is -0.497 e. The third-order valence-corrected chi connectivity index (χ3v) is 7.65. The monoisotopic (exact) mass is 471 g/mol. The van der Waals surface area contributed by atoms with E-state index in [4.69, 9.17) is 9.47 Å². The van der Waals surface area contributed by atoms with Crippen LogP contribution in [0.3, 0.4) is 0 Å². The lowest BCUT2D eigenvalue weighted by molar-refractivity contribution is -0.126. The van der Waals surface area contributed by atoms with Crippen LogP contribution in [0.5, 0.6) is 11.5 Å². The van der Waals surface area contributed by atoms with Crippen molar-refractivity contribution in [1.82, 2.24) is 15.1 Å². The van der Waals surface area contributed by atoms with Crippen molar-refractivity contribution in [2.75, 3.05) is 46.9 Å². The summed E-state index contributed by atoms with van der Waals surface area (Å²) in [5.41, 5.74) is 0.540. The molecular weight excluding hydrogens is 438 g/mol. The minimum atomic E-state index is -0.0588. The summed E-state index contributed by atoms with van der Waals surface area (Å²) in [6.45, 7) is 3.96. The van der Waals surface area contributed by atoms with Crippen molar-refractivity contribution in [2.24, 2.45) is 5.92 Å². The molecule has 1 atom stereocenters. The van der Waals surface area contributed by atoms with Crippen molar-refractivity contribution >= 4 is 23.2 Å². The zero-order valence-corrected chi connectivity index (χ0v) is 20.2. The second-order valence-corrected chi connectivity index (χ2v) is 9.67. The van der Waals surface area contributed by atoms with E-state index < -0.39 is 0 Å². The predicted molar refractivity (Wildman–Crippen MR) is 129 cm³/mol. The van der Waals surface area contributed by atoms with E-state index in [1.165, 1.54) is 17.7 Å². The van der Waals surface area contributed by atoms with Crippen molar-refractivity contribution < 1.29 is 19.1 Å². The van der Waals surface area contributed by atoms with Gasteiger partial charge in [0.05, 0.1) is 20.3 Å². The van der Waals surface area contributed by atoms with Crippen LogP contribution in [-0.2, 0) is 4.79 Å². The number of hydrogen-bond donors (Lipinski definition) is 1. The summed E-state index contributed by atoms with van der Waals surface area (Å²) in [7, 11) is 3.14. The third kappa shape index (κ3) is 5.68. The molecule has 2 fully saturated rings. The Morgan fingerprint density at radius 1 is 1.06 bits per heavy atom. The molecule has 1 aromatic heterocycles. The Morgan fingerprint density at radius 2 is 1.73 bits per heavy atom. The van der Waals surface area contributed by atoms with E-state index in [1.807, 2.05) is 4.90 Å². The topological polar surface area (TPSA) is 71.1 Å². The highest BCUT2D eigenvalue weighted by atomic mass is 32.1. The number of ether oxygens (including phenoxy) is 2. The SMILES string of the molecule is COc1cc(OC)cc(C(=O)N2CCC(C(=O)NCC(c3cccs3)N3CCCC3)CC2)c1. The number of methoxy groups -OCH3 is 2. The Labute approximate surface area is 199 Å². The zero-order valence-electron chi connectivity index (χ0n) is 19.4. The summed E-state index contributed by atoms with van der Waals surface area (Å²) in [4.78, 5) is 31.6. The zero-order chi connectivity index (χ0) is 23.2. The number of hydrogen-bond acceptors (Lipinski definition) is 6. The molecule has 2 aliphatic heterocycles.